The average molecular weight is 286 g/mol. The van der Waals surface area contributed by atoms with Crippen LogP contribution < -0.4 is 10.2 Å². The van der Waals surface area contributed by atoms with Crippen LogP contribution in [0.25, 0.3) is 10.9 Å². The molecule has 114 valence electrons. The van der Waals surface area contributed by atoms with E-state index in [4.69, 9.17) is 4.98 Å². The molecule has 0 saturated heterocycles. The first-order valence-electron chi connectivity index (χ1n) is 7.95. The summed E-state index contributed by atoms with van der Waals surface area (Å²) in [4.78, 5) is 11.7. The molecule has 0 aliphatic rings. The molecule has 2 rings (SSSR count). The summed E-state index contributed by atoms with van der Waals surface area (Å²) >= 11 is 0. The number of hydrogen-bond donors (Lipinski definition) is 1. The molecule has 1 heterocycles. The summed E-state index contributed by atoms with van der Waals surface area (Å²) < 4.78 is 0. The smallest absolute Gasteiger partial charge is 0.225 e. The summed E-state index contributed by atoms with van der Waals surface area (Å²) in [7, 11) is 0. The number of fused-ring (bicyclic) bond motifs is 1. The lowest BCUT2D eigenvalue weighted by Crippen LogP contribution is -2.29. The van der Waals surface area contributed by atoms with Gasteiger partial charge < -0.3 is 10.2 Å². The zero-order valence-electron chi connectivity index (χ0n) is 13.6. The first-order chi connectivity index (χ1) is 10.2. The molecule has 0 amide bonds. The molecular weight excluding hydrogens is 260 g/mol. The highest BCUT2D eigenvalue weighted by molar-refractivity contribution is 5.90. The van der Waals surface area contributed by atoms with Gasteiger partial charge in [0, 0.05) is 25.0 Å². The molecule has 1 aromatic carbocycles. The highest BCUT2D eigenvalue weighted by Gasteiger charge is 2.15. The molecule has 0 saturated carbocycles. The number of nitrogens with zero attached hydrogens (tertiary/aromatic N) is 3. The molecule has 0 radical (unpaired) electrons. The maximum Gasteiger partial charge on any atom is 0.225 e. The van der Waals surface area contributed by atoms with E-state index in [1.54, 1.807) is 0 Å². The number of nitrogens with one attached hydrogen (secondary N) is 1. The van der Waals surface area contributed by atoms with Crippen LogP contribution in [-0.2, 0) is 0 Å². The van der Waals surface area contributed by atoms with Crippen LogP contribution in [0, 0.1) is 5.92 Å². The van der Waals surface area contributed by atoms with Gasteiger partial charge in [-0.3, -0.25) is 0 Å². The number of para-hydroxylation sites is 1. The van der Waals surface area contributed by atoms with Crippen molar-refractivity contribution in [3.8, 4) is 0 Å². The minimum atomic E-state index is 0.654. The molecule has 4 nitrogen and oxygen atoms in total. The van der Waals surface area contributed by atoms with Gasteiger partial charge in [0.1, 0.15) is 5.82 Å². The molecule has 0 spiro atoms. The third kappa shape index (κ3) is 3.63. The lowest BCUT2D eigenvalue weighted by atomic mass is 10.1. The van der Waals surface area contributed by atoms with Gasteiger partial charge in [0.05, 0.1) is 5.52 Å². The molecule has 0 aliphatic carbocycles. The van der Waals surface area contributed by atoms with Crippen LogP contribution >= 0.6 is 0 Å². The Balaban J connectivity index is 2.47. The van der Waals surface area contributed by atoms with Crippen molar-refractivity contribution in [1.82, 2.24) is 9.97 Å². The van der Waals surface area contributed by atoms with Gasteiger partial charge in [0.15, 0.2) is 0 Å². The monoisotopic (exact) mass is 286 g/mol. The highest BCUT2D eigenvalue weighted by atomic mass is 15.2. The van der Waals surface area contributed by atoms with Crippen LogP contribution in [0.5, 0.6) is 0 Å². The quantitative estimate of drug-likeness (QED) is 0.837. The molecule has 1 atom stereocenters. The first-order valence-corrected chi connectivity index (χ1v) is 7.95. The molecule has 1 unspecified atom stereocenters. The summed E-state index contributed by atoms with van der Waals surface area (Å²) in [5, 5.41) is 4.37. The van der Waals surface area contributed by atoms with Gasteiger partial charge in [0.2, 0.25) is 5.95 Å². The molecule has 21 heavy (non-hydrogen) atoms. The number of hydrogen-bond acceptors (Lipinski definition) is 4. The van der Waals surface area contributed by atoms with Crippen LogP contribution in [0.3, 0.4) is 0 Å². The molecule has 1 N–H and O–H groups in total. The second-order valence-electron chi connectivity index (χ2n) is 5.47. The van der Waals surface area contributed by atoms with Crippen molar-refractivity contribution in [2.24, 2.45) is 5.92 Å². The fourth-order valence-electron chi connectivity index (χ4n) is 2.41. The molecule has 2 aromatic rings. The Morgan fingerprint density at radius 2 is 1.90 bits per heavy atom. The van der Waals surface area contributed by atoms with E-state index in [2.05, 4.69) is 61.1 Å². The van der Waals surface area contributed by atoms with Gasteiger partial charge in [-0.25, -0.2) is 4.98 Å². The maximum absolute atomic E-state index is 4.75. The average Bonchev–Trinajstić information content (AvgIpc) is 2.52. The van der Waals surface area contributed by atoms with E-state index in [9.17, 15) is 0 Å². The van der Waals surface area contributed by atoms with Gasteiger partial charge in [-0.15, -0.1) is 0 Å². The van der Waals surface area contributed by atoms with Crippen molar-refractivity contribution in [2.45, 2.75) is 34.1 Å². The Bertz CT molecular complexity index is 582. The van der Waals surface area contributed by atoms with Crippen LogP contribution in [0.15, 0.2) is 24.3 Å². The number of aromatic nitrogens is 2. The lowest BCUT2D eigenvalue weighted by Gasteiger charge is -2.26. The summed E-state index contributed by atoms with van der Waals surface area (Å²) in [5.41, 5.74) is 1.00. The lowest BCUT2D eigenvalue weighted by molar-refractivity contribution is 0.546. The van der Waals surface area contributed by atoms with E-state index in [1.807, 2.05) is 6.07 Å². The van der Waals surface area contributed by atoms with E-state index in [0.29, 0.717) is 11.9 Å². The minimum Gasteiger partial charge on any atom is -0.356 e. The fourth-order valence-corrected chi connectivity index (χ4v) is 2.41. The van der Waals surface area contributed by atoms with Crippen LogP contribution in [0.1, 0.15) is 34.1 Å². The first kappa shape index (κ1) is 15.5. The van der Waals surface area contributed by atoms with Crippen molar-refractivity contribution in [2.75, 3.05) is 29.9 Å². The second-order valence-corrected chi connectivity index (χ2v) is 5.47. The molecule has 0 fully saturated rings. The molecular formula is C17H26N4. The third-order valence-electron chi connectivity index (χ3n) is 3.83. The van der Waals surface area contributed by atoms with Crippen molar-refractivity contribution in [3.05, 3.63) is 24.3 Å². The summed E-state index contributed by atoms with van der Waals surface area (Å²) in [6.07, 6.45) is 1.18. The van der Waals surface area contributed by atoms with Crippen LogP contribution in [0.2, 0.25) is 0 Å². The maximum atomic E-state index is 4.75. The van der Waals surface area contributed by atoms with E-state index < -0.39 is 0 Å². The normalized spacial score (nSPS) is 12.4. The van der Waals surface area contributed by atoms with Gasteiger partial charge in [-0.2, -0.15) is 4.98 Å². The summed E-state index contributed by atoms with van der Waals surface area (Å²) in [6, 6.07) is 8.25. The van der Waals surface area contributed by atoms with Crippen LogP contribution in [0.4, 0.5) is 11.8 Å². The van der Waals surface area contributed by atoms with Crippen molar-refractivity contribution in [1.29, 1.82) is 0 Å². The van der Waals surface area contributed by atoms with Crippen molar-refractivity contribution < 1.29 is 0 Å². The standard InChI is InChI=1S/C17H26N4/c1-5-13(4)12-21(7-3)16-14-10-8-9-11-15(14)19-17(20-16)18-6-2/h8-11,13H,5-7,12H2,1-4H3,(H,18,19,20). The zero-order valence-corrected chi connectivity index (χ0v) is 13.6. The molecule has 0 aliphatic heterocycles. The van der Waals surface area contributed by atoms with E-state index in [0.717, 1.165) is 36.4 Å². The Labute approximate surface area is 127 Å². The van der Waals surface area contributed by atoms with Gasteiger partial charge in [0.25, 0.3) is 0 Å². The zero-order chi connectivity index (χ0) is 15.2. The molecule has 4 heteroatoms. The van der Waals surface area contributed by atoms with Crippen molar-refractivity contribution >= 4 is 22.7 Å². The Kier molecular flexibility index (Phi) is 5.37. The fraction of sp³-hybridized carbons (Fsp3) is 0.529. The van der Waals surface area contributed by atoms with Crippen LogP contribution in [-0.4, -0.2) is 29.6 Å². The van der Waals surface area contributed by atoms with E-state index >= 15 is 0 Å². The summed E-state index contributed by atoms with van der Waals surface area (Å²) in [5.74, 6) is 2.41. The number of rotatable bonds is 7. The van der Waals surface area contributed by atoms with E-state index in [1.165, 1.54) is 6.42 Å². The number of anilines is 2. The third-order valence-corrected chi connectivity index (χ3v) is 3.83. The number of benzene rings is 1. The Morgan fingerprint density at radius 3 is 2.57 bits per heavy atom. The van der Waals surface area contributed by atoms with Gasteiger partial charge >= 0.3 is 0 Å². The second kappa shape index (κ2) is 7.25. The minimum absolute atomic E-state index is 0.654. The van der Waals surface area contributed by atoms with E-state index in [-0.39, 0.29) is 0 Å². The van der Waals surface area contributed by atoms with Crippen molar-refractivity contribution in [3.63, 3.8) is 0 Å². The molecule has 1 aromatic heterocycles. The predicted molar refractivity (Wildman–Crippen MR) is 91.0 cm³/mol. The Morgan fingerprint density at radius 1 is 1.14 bits per heavy atom. The highest BCUT2D eigenvalue weighted by Crippen LogP contribution is 2.26. The Hall–Kier alpha value is -1.84. The predicted octanol–water partition coefficient (Wildman–Crippen LogP) is 3.93. The largest absolute Gasteiger partial charge is 0.356 e. The van der Waals surface area contributed by atoms with Gasteiger partial charge in [-0.1, -0.05) is 32.4 Å². The SMILES string of the molecule is CCNc1nc(N(CC)CC(C)CC)c2ccccc2n1. The summed E-state index contributed by atoms with van der Waals surface area (Å²) in [6.45, 7) is 11.6. The topological polar surface area (TPSA) is 41.1 Å². The molecule has 0 bridgehead atoms. The van der Waals surface area contributed by atoms with Gasteiger partial charge in [-0.05, 0) is 31.9 Å².